The quantitative estimate of drug-likeness (QED) is 0.192. The molecule has 0 fully saturated rings. The van der Waals surface area contributed by atoms with Crippen LogP contribution in [0.3, 0.4) is 0 Å². The maximum atomic E-state index is 5.40. The van der Waals surface area contributed by atoms with Crippen molar-refractivity contribution in [1.29, 1.82) is 0 Å². The summed E-state index contributed by atoms with van der Waals surface area (Å²) >= 11 is 0. The molecule has 234 valence electrons. The molecular formula is C46H35N3. The van der Waals surface area contributed by atoms with Gasteiger partial charge in [-0.15, -0.1) is 0 Å². The van der Waals surface area contributed by atoms with Gasteiger partial charge >= 0.3 is 0 Å². The van der Waals surface area contributed by atoms with Crippen molar-refractivity contribution in [1.82, 2.24) is 10.6 Å². The van der Waals surface area contributed by atoms with Gasteiger partial charge in [-0.1, -0.05) is 188 Å². The molecule has 1 aliphatic heterocycles. The molecule has 0 spiro atoms. The SMILES string of the molecule is c1ccc(-c2ccc(C3NC(c4cccc5c4-c4ccccc4C5(c4ccccc4)c4ccccc4)=NC(c4ccccc4)N3)cc2)cc1. The van der Waals surface area contributed by atoms with Crippen LogP contribution in [0.4, 0.5) is 0 Å². The van der Waals surface area contributed by atoms with Crippen molar-refractivity contribution in [3.8, 4) is 22.3 Å². The molecule has 1 heterocycles. The van der Waals surface area contributed by atoms with Gasteiger partial charge in [0.15, 0.2) is 0 Å². The third-order valence-electron chi connectivity index (χ3n) is 10.1. The number of nitrogens with zero attached hydrogens (tertiary/aromatic N) is 1. The van der Waals surface area contributed by atoms with Crippen LogP contribution in [0.5, 0.6) is 0 Å². The average Bonchev–Trinajstić information content (AvgIpc) is 3.50. The van der Waals surface area contributed by atoms with Crippen molar-refractivity contribution in [2.24, 2.45) is 4.99 Å². The molecule has 0 radical (unpaired) electrons. The van der Waals surface area contributed by atoms with E-state index in [0.717, 1.165) is 22.5 Å². The molecule has 0 aromatic heterocycles. The molecular weight excluding hydrogens is 595 g/mol. The van der Waals surface area contributed by atoms with Gasteiger partial charge in [-0.3, -0.25) is 5.32 Å². The molecule has 7 aromatic carbocycles. The average molecular weight is 630 g/mol. The normalized spacial score (nSPS) is 17.3. The number of nitrogens with one attached hydrogen (secondary N) is 2. The summed E-state index contributed by atoms with van der Waals surface area (Å²) in [4.78, 5) is 5.40. The van der Waals surface area contributed by atoms with Crippen LogP contribution >= 0.6 is 0 Å². The Morgan fingerprint density at radius 1 is 0.429 bits per heavy atom. The van der Waals surface area contributed by atoms with Crippen molar-refractivity contribution < 1.29 is 0 Å². The molecule has 1 aliphatic carbocycles. The number of hydrogen-bond acceptors (Lipinski definition) is 3. The molecule has 3 nitrogen and oxygen atoms in total. The first-order valence-corrected chi connectivity index (χ1v) is 17.0. The van der Waals surface area contributed by atoms with Crippen molar-refractivity contribution in [3.05, 3.63) is 227 Å². The summed E-state index contributed by atoms with van der Waals surface area (Å²) in [7, 11) is 0. The standard InChI is InChI=1S/C46H35N3/c1-5-16-32(17-6-1)33-28-30-35(31-29-33)44-47-43(34-18-7-2-8-19-34)48-45(49-44)39-25-15-27-41-42(39)38-24-13-14-26-40(38)46(41,36-20-9-3-10-21-36)37-22-11-4-12-23-37/h1-31,43-44,47H,(H,48,49). The summed E-state index contributed by atoms with van der Waals surface area (Å²) in [5.74, 6) is 0.883. The van der Waals surface area contributed by atoms with Crippen molar-refractivity contribution in [3.63, 3.8) is 0 Å². The predicted molar refractivity (Wildman–Crippen MR) is 200 cm³/mol. The lowest BCUT2D eigenvalue weighted by Crippen LogP contribution is -2.45. The maximum Gasteiger partial charge on any atom is 0.132 e. The van der Waals surface area contributed by atoms with Gasteiger partial charge in [0.2, 0.25) is 0 Å². The van der Waals surface area contributed by atoms with Gasteiger partial charge in [-0.05, 0) is 55.6 Å². The fourth-order valence-corrected chi connectivity index (χ4v) is 7.86. The zero-order valence-corrected chi connectivity index (χ0v) is 27.0. The molecule has 0 bridgehead atoms. The minimum atomic E-state index is -0.469. The smallest absolute Gasteiger partial charge is 0.132 e. The Labute approximate surface area is 287 Å². The molecule has 0 saturated heterocycles. The van der Waals surface area contributed by atoms with Crippen LogP contribution < -0.4 is 10.6 Å². The van der Waals surface area contributed by atoms with E-state index in [2.05, 4.69) is 199 Å². The zero-order chi connectivity index (χ0) is 32.6. The lowest BCUT2D eigenvalue weighted by atomic mass is 9.67. The number of benzene rings is 7. The monoisotopic (exact) mass is 629 g/mol. The first-order valence-electron chi connectivity index (χ1n) is 17.0. The zero-order valence-electron chi connectivity index (χ0n) is 27.0. The highest BCUT2D eigenvalue weighted by molar-refractivity contribution is 6.08. The van der Waals surface area contributed by atoms with Crippen LogP contribution in [0.15, 0.2) is 193 Å². The maximum absolute atomic E-state index is 5.40. The molecule has 49 heavy (non-hydrogen) atoms. The number of fused-ring (bicyclic) bond motifs is 3. The molecule has 0 amide bonds. The van der Waals surface area contributed by atoms with Gasteiger partial charge in [0.05, 0.1) is 5.41 Å². The van der Waals surface area contributed by atoms with Gasteiger partial charge in [0.1, 0.15) is 18.2 Å². The van der Waals surface area contributed by atoms with E-state index >= 15 is 0 Å². The molecule has 2 unspecified atom stereocenters. The Morgan fingerprint density at radius 2 is 0.959 bits per heavy atom. The fourth-order valence-electron chi connectivity index (χ4n) is 7.86. The summed E-state index contributed by atoms with van der Waals surface area (Å²) in [5.41, 5.74) is 12.9. The fraction of sp³-hybridized carbons (Fsp3) is 0.0652. The Morgan fingerprint density at radius 3 is 1.63 bits per heavy atom. The Bertz CT molecular complexity index is 2220. The van der Waals surface area contributed by atoms with E-state index in [1.165, 1.54) is 44.5 Å². The summed E-state index contributed by atoms with van der Waals surface area (Å²) in [6.45, 7) is 0. The van der Waals surface area contributed by atoms with Crippen molar-refractivity contribution >= 4 is 5.84 Å². The van der Waals surface area contributed by atoms with E-state index in [9.17, 15) is 0 Å². The minimum Gasteiger partial charge on any atom is -0.350 e. The number of hydrogen-bond donors (Lipinski definition) is 2. The summed E-state index contributed by atoms with van der Waals surface area (Å²) < 4.78 is 0. The Kier molecular flexibility index (Phi) is 7.26. The second-order valence-electron chi connectivity index (χ2n) is 12.8. The number of aliphatic imine (C=N–C) groups is 1. The third-order valence-corrected chi connectivity index (χ3v) is 10.1. The third kappa shape index (κ3) is 4.90. The van der Waals surface area contributed by atoms with Crippen LogP contribution in [-0.2, 0) is 5.41 Å². The molecule has 2 aliphatic rings. The van der Waals surface area contributed by atoms with Crippen LogP contribution in [-0.4, -0.2) is 5.84 Å². The van der Waals surface area contributed by atoms with Gasteiger partial charge in [-0.2, -0.15) is 0 Å². The Hall–Kier alpha value is -6.03. The Balaban J connectivity index is 1.22. The van der Waals surface area contributed by atoms with E-state index in [1.807, 2.05) is 0 Å². The van der Waals surface area contributed by atoms with E-state index in [-0.39, 0.29) is 12.3 Å². The van der Waals surface area contributed by atoms with Gasteiger partial charge in [0, 0.05) is 5.56 Å². The second-order valence-corrected chi connectivity index (χ2v) is 12.8. The molecule has 7 aromatic rings. The van der Waals surface area contributed by atoms with Crippen molar-refractivity contribution in [2.75, 3.05) is 0 Å². The van der Waals surface area contributed by atoms with E-state index < -0.39 is 5.41 Å². The van der Waals surface area contributed by atoms with Gasteiger partial charge in [-0.25, -0.2) is 4.99 Å². The first-order chi connectivity index (χ1) is 24.3. The minimum absolute atomic E-state index is 0.150. The van der Waals surface area contributed by atoms with E-state index in [1.54, 1.807) is 0 Å². The van der Waals surface area contributed by atoms with Crippen LogP contribution in [0.25, 0.3) is 22.3 Å². The van der Waals surface area contributed by atoms with E-state index in [0.29, 0.717) is 0 Å². The first kappa shape index (κ1) is 29.1. The predicted octanol–water partition coefficient (Wildman–Crippen LogP) is 10.1. The highest BCUT2D eigenvalue weighted by atomic mass is 15.3. The summed E-state index contributed by atoms with van der Waals surface area (Å²) in [6, 6.07) is 67.5. The molecule has 9 rings (SSSR count). The highest BCUT2D eigenvalue weighted by Crippen LogP contribution is 2.57. The van der Waals surface area contributed by atoms with Gasteiger partial charge < -0.3 is 5.32 Å². The molecule has 2 atom stereocenters. The van der Waals surface area contributed by atoms with Crippen molar-refractivity contribution in [2.45, 2.75) is 17.7 Å². The molecule has 0 saturated carbocycles. The van der Waals surface area contributed by atoms with E-state index in [4.69, 9.17) is 4.99 Å². The molecule has 2 N–H and O–H groups in total. The molecule has 3 heteroatoms. The van der Waals surface area contributed by atoms with Crippen LogP contribution in [0.1, 0.15) is 51.3 Å². The lowest BCUT2D eigenvalue weighted by molar-refractivity contribution is 0.409. The highest BCUT2D eigenvalue weighted by Gasteiger charge is 2.47. The van der Waals surface area contributed by atoms with Gasteiger partial charge in [0.25, 0.3) is 0 Å². The second kappa shape index (κ2) is 12.2. The summed E-state index contributed by atoms with van der Waals surface area (Å²) in [6.07, 6.45) is -0.375. The van der Waals surface area contributed by atoms with Crippen LogP contribution in [0.2, 0.25) is 0 Å². The topological polar surface area (TPSA) is 36.4 Å². The number of rotatable bonds is 6. The van der Waals surface area contributed by atoms with Crippen LogP contribution in [0, 0.1) is 0 Å². The number of amidine groups is 1. The summed E-state index contributed by atoms with van der Waals surface area (Å²) in [5, 5.41) is 7.65. The lowest BCUT2D eigenvalue weighted by Gasteiger charge is -2.34. The largest absolute Gasteiger partial charge is 0.350 e.